The van der Waals surface area contributed by atoms with E-state index in [0.29, 0.717) is 63.9 Å². The second-order valence-corrected chi connectivity index (χ2v) is 10.6. The van der Waals surface area contributed by atoms with Crippen LogP contribution in [0.1, 0.15) is 21.6 Å². The quantitative estimate of drug-likeness (QED) is 0.166. The lowest BCUT2D eigenvalue weighted by atomic mass is 10.1. The van der Waals surface area contributed by atoms with Crippen LogP contribution in [-0.4, -0.2) is 64.3 Å². The number of anilines is 1. The lowest BCUT2D eigenvalue weighted by molar-refractivity contribution is -0.118. The van der Waals surface area contributed by atoms with E-state index in [0.717, 1.165) is 11.1 Å². The van der Waals surface area contributed by atoms with Gasteiger partial charge in [0.2, 0.25) is 5.91 Å². The second kappa shape index (κ2) is 13.8. The smallest absolute Gasteiger partial charge is 0.271 e. The zero-order valence-electron chi connectivity index (χ0n) is 22.2. The van der Waals surface area contributed by atoms with Gasteiger partial charge in [0.1, 0.15) is 23.7 Å². The van der Waals surface area contributed by atoms with Gasteiger partial charge in [-0.3, -0.25) is 9.59 Å². The maximum absolute atomic E-state index is 13.9. The number of carbonyl (C=O) groups is 2. The zero-order chi connectivity index (χ0) is 28.6. The number of rotatable bonds is 13. The fourth-order valence-electron chi connectivity index (χ4n) is 4.31. The Bertz CT molecular complexity index is 1500. The van der Waals surface area contributed by atoms with Crippen LogP contribution in [0.4, 0.5) is 5.82 Å². The number of thioether (sulfide) groups is 1. The van der Waals surface area contributed by atoms with Gasteiger partial charge in [-0.15, -0.1) is 0 Å². The summed E-state index contributed by atoms with van der Waals surface area (Å²) in [6.45, 7) is 1.27. The van der Waals surface area contributed by atoms with Crippen molar-refractivity contribution in [1.82, 2.24) is 19.4 Å². The molecule has 0 aliphatic carbocycles. The van der Waals surface area contributed by atoms with Crippen molar-refractivity contribution in [3.05, 3.63) is 81.5 Å². The largest absolute Gasteiger partial charge is 0.383 e. The Balaban J connectivity index is 1.71. The zero-order valence-corrected chi connectivity index (χ0v) is 24.5. The number of methoxy groups -OCH3 is 1. The first-order valence-corrected chi connectivity index (χ1v) is 14.5. The first-order valence-electron chi connectivity index (χ1n) is 12.5. The van der Waals surface area contributed by atoms with E-state index in [4.69, 9.17) is 38.7 Å². The van der Waals surface area contributed by atoms with E-state index in [2.05, 4.69) is 10.3 Å². The van der Waals surface area contributed by atoms with E-state index >= 15 is 0 Å². The summed E-state index contributed by atoms with van der Waals surface area (Å²) in [6.07, 6.45) is 2.52. The van der Waals surface area contributed by atoms with Gasteiger partial charge >= 0.3 is 0 Å². The number of amides is 2. The maximum atomic E-state index is 13.9. The number of nitrogens with one attached hydrogen (secondary N) is 1. The summed E-state index contributed by atoms with van der Waals surface area (Å²) in [7, 11) is 1.60. The van der Waals surface area contributed by atoms with Crippen LogP contribution in [0.5, 0.6) is 0 Å². The molecular formula is C28H30Cl2N6O3S. The average molecular weight is 602 g/mol. The SMILES string of the molecule is COCCn1c(C(=O)N(CC(N)=O)Cc2ccccc2)cc2c(NCCc3ccc(Cl)cc3Cl)nc(SC)nc21. The average Bonchev–Trinajstić information content (AvgIpc) is 3.31. The number of halogens is 2. The summed E-state index contributed by atoms with van der Waals surface area (Å²) < 4.78 is 7.14. The van der Waals surface area contributed by atoms with E-state index in [-0.39, 0.29) is 19.0 Å². The van der Waals surface area contributed by atoms with Crippen LogP contribution < -0.4 is 11.1 Å². The van der Waals surface area contributed by atoms with Crippen LogP contribution in [0.15, 0.2) is 59.8 Å². The molecule has 0 spiro atoms. The highest BCUT2D eigenvalue weighted by atomic mass is 35.5. The Kier molecular flexibility index (Phi) is 10.3. The first kappa shape index (κ1) is 29.7. The minimum absolute atomic E-state index is 0.225. The molecule has 0 aliphatic rings. The molecule has 4 rings (SSSR count). The molecule has 2 aromatic heterocycles. The van der Waals surface area contributed by atoms with Crippen LogP contribution in [0, 0.1) is 0 Å². The normalized spacial score (nSPS) is 11.1. The molecule has 2 aromatic carbocycles. The van der Waals surface area contributed by atoms with Crippen LogP contribution in [0.25, 0.3) is 11.0 Å². The van der Waals surface area contributed by atoms with Crippen molar-refractivity contribution in [3.8, 4) is 0 Å². The molecule has 2 amide bonds. The molecule has 0 radical (unpaired) electrons. The van der Waals surface area contributed by atoms with Crippen molar-refractivity contribution >= 4 is 63.6 Å². The van der Waals surface area contributed by atoms with Crippen LogP contribution >= 0.6 is 35.0 Å². The van der Waals surface area contributed by atoms with Gasteiger partial charge in [0, 0.05) is 36.8 Å². The number of fused-ring (bicyclic) bond motifs is 1. The highest BCUT2D eigenvalue weighted by Crippen LogP contribution is 2.29. The lowest BCUT2D eigenvalue weighted by Gasteiger charge is -2.22. The van der Waals surface area contributed by atoms with Gasteiger partial charge < -0.3 is 25.3 Å². The number of ether oxygens (including phenoxy) is 1. The van der Waals surface area contributed by atoms with Crippen LogP contribution in [0.2, 0.25) is 10.0 Å². The fraction of sp³-hybridized carbons (Fsp3) is 0.286. The molecule has 2 heterocycles. The van der Waals surface area contributed by atoms with Crippen molar-refractivity contribution in [1.29, 1.82) is 0 Å². The van der Waals surface area contributed by atoms with E-state index in [1.54, 1.807) is 25.3 Å². The Morgan fingerprint density at radius 3 is 2.58 bits per heavy atom. The van der Waals surface area contributed by atoms with Crippen molar-refractivity contribution < 1.29 is 14.3 Å². The van der Waals surface area contributed by atoms with Crippen molar-refractivity contribution in [2.45, 2.75) is 24.7 Å². The third kappa shape index (κ3) is 7.25. The van der Waals surface area contributed by atoms with Gasteiger partial charge in [-0.1, -0.05) is 71.4 Å². The topological polar surface area (TPSA) is 115 Å². The molecule has 4 aromatic rings. The summed E-state index contributed by atoms with van der Waals surface area (Å²) in [5.41, 5.74) is 8.31. The van der Waals surface area contributed by atoms with E-state index in [1.807, 2.05) is 47.2 Å². The molecule has 0 saturated carbocycles. The van der Waals surface area contributed by atoms with Gasteiger partial charge in [0.15, 0.2) is 5.16 Å². The molecule has 0 unspecified atom stereocenters. The Morgan fingerprint density at radius 1 is 1.12 bits per heavy atom. The molecular weight excluding hydrogens is 571 g/mol. The highest BCUT2D eigenvalue weighted by Gasteiger charge is 2.25. The Labute approximate surface area is 247 Å². The third-order valence-electron chi connectivity index (χ3n) is 6.21. The predicted molar refractivity (Wildman–Crippen MR) is 160 cm³/mol. The molecule has 40 heavy (non-hydrogen) atoms. The number of primary amides is 1. The summed E-state index contributed by atoms with van der Waals surface area (Å²) in [6, 6.07) is 16.6. The predicted octanol–water partition coefficient (Wildman–Crippen LogP) is 4.89. The summed E-state index contributed by atoms with van der Waals surface area (Å²) in [4.78, 5) is 36.7. The Hall–Kier alpha value is -3.31. The van der Waals surface area contributed by atoms with Gasteiger partial charge in [-0.2, -0.15) is 0 Å². The number of aromatic nitrogens is 3. The van der Waals surface area contributed by atoms with Gasteiger partial charge in [-0.25, -0.2) is 9.97 Å². The number of nitrogens with two attached hydrogens (primary N) is 1. The first-order chi connectivity index (χ1) is 19.3. The molecule has 210 valence electrons. The molecule has 0 bridgehead atoms. The highest BCUT2D eigenvalue weighted by molar-refractivity contribution is 7.98. The molecule has 0 fully saturated rings. The number of benzene rings is 2. The fourth-order valence-corrected chi connectivity index (χ4v) is 5.17. The molecule has 0 atom stereocenters. The maximum Gasteiger partial charge on any atom is 0.271 e. The van der Waals surface area contributed by atoms with Crippen molar-refractivity contribution in [3.63, 3.8) is 0 Å². The third-order valence-corrected chi connectivity index (χ3v) is 7.34. The van der Waals surface area contributed by atoms with Crippen LogP contribution in [-0.2, 0) is 29.0 Å². The van der Waals surface area contributed by atoms with Gasteiger partial charge in [0.05, 0.1) is 12.0 Å². The number of carbonyl (C=O) groups excluding carboxylic acids is 2. The molecule has 0 aliphatic heterocycles. The minimum atomic E-state index is -0.600. The van der Waals surface area contributed by atoms with E-state index in [1.165, 1.54) is 16.7 Å². The minimum Gasteiger partial charge on any atom is -0.383 e. The van der Waals surface area contributed by atoms with E-state index < -0.39 is 5.91 Å². The standard InChI is InChI=1S/C28H30Cl2N6O3S/c1-39-13-12-36-23(27(38)35(17-24(31)37)16-18-6-4-3-5-7-18)15-21-25(33-28(40-2)34-26(21)36)32-11-10-19-8-9-20(29)14-22(19)30/h3-9,14-15H,10-13,16-17H2,1-2H3,(H2,31,37)(H,32,33,34). The Morgan fingerprint density at radius 2 is 1.90 bits per heavy atom. The number of hydrogen-bond acceptors (Lipinski definition) is 7. The van der Waals surface area contributed by atoms with Crippen molar-refractivity contribution in [2.75, 3.05) is 38.4 Å². The molecule has 0 saturated heterocycles. The summed E-state index contributed by atoms with van der Waals surface area (Å²) in [5, 5.41) is 5.79. The van der Waals surface area contributed by atoms with Gasteiger partial charge in [0.25, 0.3) is 5.91 Å². The lowest BCUT2D eigenvalue weighted by Crippen LogP contribution is -2.39. The van der Waals surface area contributed by atoms with Crippen molar-refractivity contribution in [2.24, 2.45) is 5.73 Å². The number of hydrogen-bond donors (Lipinski definition) is 2. The van der Waals surface area contributed by atoms with Gasteiger partial charge in [-0.05, 0) is 42.0 Å². The summed E-state index contributed by atoms with van der Waals surface area (Å²) in [5.74, 6) is -0.355. The number of nitrogens with zero attached hydrogens (tertiary/aromatic N) is 4. The molecule has 9 nitrogen and oxygen atoms in total. The molecule has 12 heteroatoms. The molecule has 3 N–H and O–H groups in total. The van der Waals surface area contributed by atoms with E-state index in [9.17, 15) is 9.59 Å². The van der Waals surface area contributed by atoms with Crippen LogP contribution in [0.3, 0.4) is 0 Å². The monoisotopic (exact) mass is 600 g/mol. The second-order valence-electron chi connectivity index (χ2n) is 9.00. The summed E-state index contributed by atoms with van der Waals surface area (Å²) >= 11 is 13.8.